The lowest BCUT2D eigenvalue weighted by Crippen LogP contribution is -2.35. The summed E-state index contributed by atoms with van der Waals surface area (Å²) in [6, 6.07) is 20.2. The second-order valence-corrected chi connectivity index (χ2v) is 8.41. The maximum Gasteiger partial charge on any atom is 0.508 e. The number of hydrogen-bond donors (Lipinski definition) is 0. The lowest BCUT2D eigenvalue weighted by Gasteiger charge is -2.32. The summed E-state index contributed by atoms with van der Waals surface area (Å²) in [5, 5.41) is 0. The van der Waals surface area contributed by atoms with E-state index in [4.69, 9.17) is 14.2 Å². The van der Waals surface area contributed by atoms with E-state index in [1.807, 2.05) is 42.5 Å². The summed E-state index contributed by atoms with van der Waals surface area (Å²) in [6.45, 7) is 3.69. The highest BCUT2D eigenvalue weighted by atomic mass is 79.9. The molecule has 1 saturated heterocycles. The average Bonchev–Trinajstić information content (AvgIpc) is 3.44. The van der Waals surface area contributed by atoms with Crippen molar-refractivity contribution < 1.29 is 19.0 Å². The zero-order valence-corrected chi connectivity index (χ0v) is 17.3. The fraction of sp³-hybridized carbons (Fsp3) is 0.261. The molecular weight excluding hydrogens is 420 g/mol. The molecule has 2 aromatic carbocycles. The standard InChI is InChI=1S/C23H21BrO4/c1-16(2)27-21(25)26-15-17-13-20-23(28-20,19-11-7-4-8-12-19)22(24,14-17)18-9-5-3-6-10-18/h3-14,16H,15H2,1-2H3. The number of carbonyl (C=O) groups is 1. The van der Waals surface area contributed by atoms with Crippen LogP contribution in [0.3, 0.4) is 0 Å². The van der Waals surface area contributed by atoms with E-state index in [1.165, 1.54) is 0 Å². The van der Waals surface area contributed by atoms with Crippen molar-refractivity contribution >= 4 is 22.1 Å². The van der Waals surface area contributed by atoms with Crippen LogP contribution >= 0.6 is 15.9 Å². The largest absolute Gasteiger partial charge is 0.508 e. The molecule has 2 aliphatic rings. The predicted molar refractivity (Wildman–Crippen MR) is 110 cm³/mol. The maximum atomic E-state index is 11.8. The van der Waals surface area contributed by atoms with E-state index >= 15 is 0 Å². The number of benzene rings is 2. The molecule has 0 spiro atoms. The molecule has 1 fully saturated rings. The summed E-state index contributed by atoms with van der Waals surface area (Å²) in [4.78, 5) is 11.8. The zero-order valence-electron chi connectivity index (χ0n) is 15.7. The van der Waals surface area contributed by atoms with Crippen molar-refractivity contribution in [1.82, 2.24) is 0 Å². The number of ether oxygens (including phenoxy) is 3. The Morgan fingerprint density at radius 1 is 1.04 bits per heavy atom. The number of rotatable bonds is 5. The normalized spacial score (nSPS) is 25.1. The van der Waals surface area contributed by atoms with Crippen LogP contribution in [0.25, 0.3) is 0 Å². The molecule has 0 N–H and O–H groups in total. The Labute approximate surface area is 172 Å². The molecule has 28 heavy (non-hydrogen) atoms. The number of halogens is 1. The molecule has 2 unspecified atom stereocenters. The van der Waals surface area contributed by atoms with Crippen LogP contribution in [-0.2, 0) is 24.1 Å². The van der Waals surface area contributed by atoms with Gasteiger partial charge >= 0.3 is 6.16 Å². The van der Waals surface area contributed by atoms with Gasteiger partial charge in [-0.3, -0.25) is 0 Å². The van der Waals surface area contributed by atoms with Gasteiger partial charge in [0.2, 0.25) is 5.60 Å². The first-order valence-corrected chi connectivity index (χ1v) is 10.0. The van der Waals surface area contributed by atoms with Gasteiger partial charge in [-0.05, 0) is 31.1 Å². The number of carbonyl (C=O) groups excluding carboxylic acids is 1. The predicted octanol–water partition coefficient (Wildman–Crippen LogP) is 5.59. The van der Waals surface area contributed by atoms with Crippen LogP contribution in [0, 0.1) is 0 Å². The Bertz CT molecular complexity index is 936. The molecule has 2 aromatic rings. The Morgan fingerprint density at radius 2 is 1.64 bits per heavy atom. The Balaban J connectivity index is 1.69. The molecule has 1 aliphatic heterocycles. The molecule has 5 heteroatoms. The molecule has 144 valence electrons. The van der Waals surface area contributed by atoms with Crippen LogP contribution in [0.15, 0.2) is 84.1 Å². The first-order valence-electron chi connectivity index (χ1n) is 9.22. The van der Waals surface area contributed by atoms with E-state index < -0.39 is 16.1 Å². The number of alkyl halides is 1. The van der Waals surface area contributed by atoms with E-state index in [0.29, 0.717) is 0 Å². The van der Waals surface area contributed by atoms with Crippen LogP contribution in [0.2, 0.25) is 0 Å². The van der Waals surface area contributed by atoms with Crippen molar-refractivity contribution in [3.8, 4) is 0 Å². The smallest absolute Gasteiger partial charge is 0.472 e. The monoisotopic (exact) mass is 440 g/mol. The van der Waals surface area contributed by atoms with E-state index in [9.17, 15) is 4.79 Å². The van der Waals surface area contributed by atoms with Crippen molar-refractivity contribution in [1.29, 1.82) is 0 Å². The van der Waals surface area contributed by atoms with Crippen molar-refractivity contribution in [3.05, 3.63) is 95.3 Å². The van der Waals surface area contributed by atoms with Crippen LogP contribution in [-0.4, -0.2) is 18.9 Å². The topological polar surface area (TPSA) is 48.1 Å². The Hall–Kier alpha value is -2.53. The Kier molecular flexibility index (Phi) is 4.79. The van der Waals surface area contributed by atoms with E-state index in [-0.39, 0.29) is 12.7 Å². The molecular formula is C23H21BrO4. The molecule has 4 nitrogen and oxygen atoms in total. The van der Waals surface area contributed by atoms with Crippen LogP contribution < -0.4 is 0 Å². The van der Waals surface area contributed by atoms with Gasteiger partial charge in [0, 0.05) is 5.56 Å². The second kappa shape index (κ2) is 7.13. The summed E-state index contributed by atoms with van der Waals surface area (Å²) in [6.07, 6.45) is 3.11. The third-order valence-electron chi connectivity index (χ3n) is 4.84. The van der Waals surface area contributed by atoms with Gasteiger partial charge in [-0.2, -0.15) is 0 Å². The molecule has 0 aromatic heterocycles. The fourth-order valence-electron chi connectivity index (χ4n) is 3.59. The molecule has 0 saturated carbocycles. The van der Waals surface area contributed by atoms with E-state index in [1.54, 1.807) is 13.8 Å². The molecule has 1 aliphatic carbocycles. The highest BCUT2D eigenvalue weighted by Crippen LogP contribution is 2.67. The minimum absolute atomic E-state index is 0.115. The fourth-order valence-corrected chi connectivity index (χ4v) is 4.66. The van der Waals surface area contributed by atoms with Gasteiger partial charge in [-0.25, -0.2) is 4.79 Å². The Morgan fingerprint density at radius 3 is 2.25 bits per heavy atom. The third kappa shape index (κ3) is 3.14. The molecule has 0 bridgehead atoms. The average molecular weight is 441 g/mol. The zero-order chi connectivity index (χ0) is 19.8. The summed E-state index contributed by atoms with van der Waals surface area (Å²) in [5.74, 6) is 0.845. The highest BCUT2D eigenvalue weighted by Gasteiger charge is 2.68. The van der Waals surface area contributed by atoms with Gasteiger partial charge in [0.1, 0.15) is 16.7 Å². The quantitative estimate of drug-likeness (QED) is 0.345. The van der Waals surface area contributed by atoms with Gasteiger partial charge in [0.15, 0.2) is 0 Å². The molecule has 2 atom stereocenters. The summed E-state index contributed by atoms with van der Waals surface area (Å²) < 4.78 is 15.9. The summed E-state index contributed by atoms with van der Waals surface area (Å²) in [7, 11) is 0. The minimum Gasteiger partial charge on any atom is -0.472 e. The van der Waals surface area contributed by atoms with Gasteiger partial charge in [0.05, 0.1) is 6.10 Å². The van der Waals surface area contributed by atoms with Crippen LogP contribution in [0.5, 0.6) is 0 Å². The van der Waals surface area contributed by atoms with Gasteiger partial charge < -0.3 is 14.2 Å². The number of hydrogen-bond acceptors (Lipinski definition) is 4. The first kappa shape index (κ1) is 18.8. The van der Waals surface area contributed by atoms with E-state index in [2.05, 4.69) is 46.3 Å². The van der Waals surface area contributed by atoms with Crippen LogP contribution in [0.1, 0.15) is 25.0 Å². The maximum absolute atomic E-state index is 11.8. The van der Waals surface area contributed by atoms with E-state index in [0.717, 1.165) is 22.5 Å². The highest BCUT2D eigenvalue weighted by molar-refractivity contribution is 9.09. The lowest BCUT2D eigenvalue weighted by atomic mass is 9.76. The molecule has 4 rings (SSSR count). The first-order chi connectivity index (χ1) is 13.5. The molecule has 0 amide bonds. The summed E-state index contributed by atoms with van der Waals surface area (Å²) in [5.41, 5.74) is 2.36. The van der Waals surface area contributed by atoms with Crippen LogP contribution in [0.4, 0.5) is 4.79 Å². The lowest BCUT2D eigenvalue weighted by molar-refractivity contribution is 0.0403. The number of epoxide rings is 1. The van der Waals surface area contributed by atoms with Crippen molar-refractivity contribution in [3.63, 3.8) is 0 Å². The van der Waals surface area contributed by atoms with Crippen molar-refractivity contribution in [2.75, 3.05) is 6.61 Å². The molecule has 0 radical (unpaired) electrons. The third-order valence-corrected chi connectivity index (χ3v) is 6.09. The van der Waals surface area contributed by atoms with Gasteiger partial charge in [-0.15, -0.1) is 0 Å². The summed E-state index contributed by atoms with van der Waals surface area (Å²) >= 11 is 3.98. The van der Waals surface area contributed by atoms with Crippen molar-refractivity contribution in [2.45, 2.75) is 29.9 Å². The SMILES string of the molecule is CC(C)OC(=O)OCC1=CC(Br)(c2ccccc2)C2(c3ccccc3)OC2=C1. The molecule has 1 heterocycles. The second-order valence-electron chi connectivity index (χ2n) is 7.16. The number of fused-ring (bicyclic) bond motifs is 1. The van der Waals surface area contributed by atoms with Gasteiger partial charge in [-0.1, -0.05) is 82.7 Å². The van der Waals surface area contributed by atoms with Gasteiger partial charge in [0.25, 0.3) is 0 Å². The minimum atomic E-state index is -0.675. The van der Waals surface area contributed by atoms with Crippen molar-refractivity contribution in [2.24, 2.45) is 0 Å².